The maximum Gasteiger partial charge on any atom is 0.232 e. The largest absolute Gasteiger partial charge is 0.497 e. The van der Waals surface area contributed by atoms with Gasteiger partial charge >= 0.3 is 0 Å². The van der Waals surface area contributed by atoms with Gasteiger partial charge in [-0.3, -0.25) is 9.10 Å². The molecule has 134 valence electrons. The molecule has 2 aromatic carbocycles. The third kappa shape index (κ3) is 5.79. The molecule has 0 spiro atoms. The molecular formula is C18H22N2O4S. The Bertz CT molecular complexity index is 807. The van der Waals surface area contributed by atoms with E-state index >= 15 is 0 Å². The van der Waals surface area contributed by atoms with Crippen molar-refractivity contribution in [1.82, 2.24) is 5.32 Å². The monoisotopic (exact) mass is 362 g/mol. The quantitative estimate of drug-likeness (QED) is 0.781. The molecule has 0 saturated heterocycles. The first-order valence-corrected chi connectivity index (χ1v) is 9.67. The van der Waals surface area contributed by atoms with Gasteiger partial charge in [0.05, 0.1) is 19.1 Å². The van der Waals surface area contributed by atoms with Crippen LogP contribution in [-0.4, -0.2) is 34.2 Å². The highest BCUT2D eigenvalue weighted by molar-refractivity contribution is 7.92. The number of anilines is 1. The zero-order chi connectivity index (χ0) is 18.3. The Morgan fingerprint density at radius 1 is 1.12 bits per heavy atom. The molecule has 1 N–H and O–H groups in total. The molecule has 0 heterocycles. The van der Waals surface area contributed by atoms with Crippen LogP contribution in [0.3, 0.4) is 0 Å². The van der Waals surface area contributed by atoms with Crippen LogP contribution in [-0.2, 0) is 21.4 Å². The van der Waals surface area contributed by atoms with E-state index in [4.69, 9.17) is 4.74 Å². The van der Waals surface area contributed by atoms with E-state index in [1.807, 2.05) is 30.3 Å². The molecule has 0 saturated carbocycles. The first kappa shape index (κ1) is 18.8. The maximum atomic E-state index is 12.1. The van der Waals surface area contributed by atoms with Crippen LogP contribution in [0.2, 0.25) is 0 Å². The smallest absolute Gasteiger partial charge is 0.232 e. The third-order valence-electron chi connectivity index (χ3n) is 3.62. The molecule has 2 rings (SSSR count). The topological polar surface area (TPSA) is 75.7 Å². The normalized spacial score (nSPS) is 11.0. The molecule has 25 heavy (non-hydrogen) atoms. The minimum Gasteiger partial charge on any atom is -0.497 e. The Labute approximate surface area is 148 Å². The number of hydrogen-bond acceptors (Lipinski definition) is 4. The second kappa shape index (κ2) is 8.53. The first-order valence-electron chi connectivity index (χ1n) is 7.82. The van der Waals surface area contributed by atoms with E-state index in [0.29, 0.717) is 18.0 Å². The summed E-state index contributed by atoms with van der Waals surface area (Å²) in [5, 5.41) is 2.79. The van der Waals surface area contributed by atoms with E-state index < -0.39 is 10.0 Å². The lowest BCUT2D eigenvalue weighted by Crippen LogP contribution is -2.34. The average molecular weight is 362 g/mol. The summed E-state index contributed by atoms with van der Waals surface area (Å²) in [7, 11) is -1.99. The highest BCUT2D eigenvalue weighted by Gasteiger charge is 2.19. The lowest BCUT2D eigenvalue weighted by Gasteiger charge is -2.22. The van der Waals surface area contributed by atoms with Crippen LogP contribution in [0.1, 0.15) is 12.0 Å². The van der Waals surface area contributed by atoms with Gasteiger partial charge in [0.1, 0.15) is 5.75 Å². The van der Waals surface area contributed by atoms with Gasteiger partial charge in [0.2, 0.25) is 15.9 Å². The molecule has 0 atom stereocenters. The fourth-order valence-electron chi connectivity index (χ4n) is 2.34. The van der Waals surface area contributed by atoms with E-state index in [-0.39, 0.29) is 18.9 Å². The Morgan fingerprint density at radius 2 is 1.84 bits per heavy atom. The van der Waals surface area contributed by atoms with Crippen molar-refractivity contribution in [3.8, 4) is 5.75 Å². The predicted molar refractivity (Wildman–Crippen MR) is 98.1 cm³/mol. The fourth-order valence-corrected chi connectivity index (χ4v) is 3.26. The number of benzene rings is 2. The molecule has 6 nitrogen and oxygen atoms in total. The highest BCUT2D eigenvalue weighted by atomic mass is 32.2. The number of carbonyl (C=O) groups is 1. The maximum absolute atomic E-state index is 12.1. The summed E-state index contributed by atoms with van der Waals surface area (Å²) in [6.07, 6.45) is 1.19. The molecule has 0 aliphatic rings. The zero-order valence-corrected chi connectivity index (χ0v) is 15.1. The summed E-state index contributed by atoms with van der Waals surface area (Å²) >= 11 is 0. The molecule has 0 aliphatic carbocycles. The SMILES string of the molecule is COc1cccc(N(CCC(=O)NCc2ccccc2)S(C)(=O)=O)c1. The average Bonchev–Trinajstić information content (AvgIpc) is 2.60. The molecule has 0 bridgehead atoms. The molecule has 2 aromatic rings. The molecule has 0 fully saturated rings. The number of sulfonamides is 1. The predicted octanol–water partition coefficient (Wildman–Crippen LogP) is 2.17. The van der Waals surface area contributed by atoms with Crippen LogP contribution in [0.25, 0.3) is 0 Å². The van der Waals surface area contributed by atoms with Gasteiger partial charge in [0.15, 0.2) is 0 Å². The lowest BCUT2D eigenvalue weighted by atomic mass is 10.2. The molecule has 0 unspecified atom stereocenters. The van der Waals surface area contributed by atoms with Gasteiger partial charge in [0.25, 0.3) is 0 Å². The van der Waals surface area contributed by atoms with Gasteiger partial charge in [-0.05, 0) is 17.7 Å². The number of methoxy groups -OCH3 is 1. The third-order valence-corrected chi connectivity index (χ3v) is 4.81. The summed E-state index contributed by atoms with van der Waals surface area (Å²) in [5.41, 5.74) is 1.46. The number of amides is 1. The Hall–Kier alpha value is -2.54. The highest BCUT2D eigenvalue weighted by Crippen LogP contribution is 2.23. The molecular weight excluding hydrogens is 340 g/mol. The number of ether oxygens (including phenoxy) is 1. The van der Waals surface area contributed by atoms with Crippen molar-refractivity contribution < 1.29 is 17.9 Å². The number of nitrogens with one attached hydrogen (secondary N) is 1. The Morgan fingerprint density at radius 3 is 2.48 bits per heavy atom. The molecule has 0 aliphatic heterocycles. The van der Waals surface area contributed by atoms with Gasteiger partial charge < -0.3 is 10.1 Å². The van der Waals surface area contributed by atoms with E-state index in [9.17, 15) is 13.2 Å². The Kier molecular flexibility index (Phi) is 6.41. The number of nitrogens with zero attached hydrogens (tertiary/aromatic N) is 1. The van der Waals surface area contributed by atoms with Gasteiger partial charge in [-0.15, -0.1) is 0 Å². The van der Waals surface area contributed by atoms with Crippen LogP contribution in [0.4, 0.5) is 5.69 Å². The zero-order valence-electron chi connectivity index (χ0n) is 14.3. The van der Waals surface area contributed by atoms with E-state index in [1.54, 1.807) is 24.3 Å². The van der Waals surface area contributed by atoms with Crippen molar-refractivity contribution in [2.75, 3.05) is 24.2 Å². The summed E-state index contributed by atoms with van der Waals surface area (Å²) in [6, 6.07) is 16.3. The minimum atomic E-state index is -3.51. The minimum absolute atomic E-state index is 0.0621. The van der Waals surface area contributed by atoms with Crippen LogP contribution in [0, 0.1) is 0 Å². The second-order valence-corrected chi connectivity index (χ2v) is 7.46. The van der Waals surface area contributed by atoms with Crippen LogP contribution in [0.15, 0.2) is 54.6 Å². The van der Waals surface area contributed by atoms with Gasteiger partial charge in [-0.2, -0.15) is 0 Å². The molecule has 0 radical (unpaired) electrons. The molecule has 1 amide bonds. The van der Waals surface area contributed by atoms with E-state index in [1.165, 1.54) is 11.4 Å². The van der Waals surface area contributed by atoms with Gasteiger partial charge in [0, 0.05) is 25.6 Å². The summed E-state index contributed by atoms with van der Waals surface area (Å²) < 4.78 is 30.5. The number of hydrogen-bond donors (Lipinski definition) is 1. The summed E-state index contributed by atoms with van der Waals surface area (Å²) in [4.78, 5) is 12.0. The first-order chi connectivity index (χ1) is 11.9. The van der Waals surface area contributed by atoms with Crippen molar-refractivity contribution in [2.24, 2.45) is 0 Å². The van der Waals surface area contributed by atoms with Crippen molar-refractivity contribution in [1.29, 1.82) is 0 Å². The fraction of sp³-hybridized carbons (Fsp3) is 0.278. The van der Waals surface area contributed by atoms with Crippen LogP contribution in [0.5, 0.6) is 5.75 Å². The van der Waals surface area contributed by atoms with Crippen molar-refractivity contribution >= 4 is 21.6 Å². The van der Waals surface area contributed by atoms with Crippen LogP contribution >= 0.6 is 0 Å². The van der Waals surface area contributed by atoms with E-state index in [0.717, 1.165) is 11.8 Å². The van der Waals surface area contributed by atoms with Gasteiger partial charge in [-0.1, -0.05) is 36.4 Å². The lowest BCUT2D eigenvalue weighted by molar-refractivity contribution is -0.121. The standard InChI is InChI=1S/C18H22N2O4S/c1-24-17-10-6-9-16(13-17)20(25(2,22)23)12-11-18(21)19-14-15-7-4-3-5-8-15/h3-10,13H,11-12,14H2,1-2H3,(H,19,21). The van der Waals surface area contributed by atoms with E-state index in [2.05, 4.69) is 5.32 Å². The van der Waals surface area contributed by atoms with Crippen molar-refractivity contribution in [3.63, 3.8) is 0 Å². The Balaban J connectivity index is 1.99. The van der Waals surface area contributed by atoms with Crippen molar-refractivity contribution in [3.05, 3.63) is 60.2 Å². The van der Waals surface area contributed by atoms with Crippen LogP contribution < -0.4 is 14.4 Å². The second-order valence-electron chi connectivity index (χ2n) is 5.55. The molecule has 7 heteroatoms. The molecule has 0 aromatic heterocycles. The summed E-state index contributed by atoms with van der Waals surface area (Å²) in [6.45, 7) is 0.477. The summed E-state index contributed by atoms with van der Waals surface area (Å²) in [5.74, 6) is 0.347. The van der Waals surface area contributed by atoms with Crippen molar-refractivity contribution in [2.45, 2.75) is 13.0 Å². The number of rotatable bonds is 8. The number of carbonyl (C=O) groups excluding carboxylic acids is 1. The van der Waals surface area contributed by atoms with Gasteiger partial charge in [-0.25, -0.2) is 8.42 Å².